The number of ether oxygens (including phenoxy) is 2. The number of carbonyl (C=O) groups is 1. The largest absolute Gasteiger partial charge is 0.490 e. The van der Waals surface area contributed by atoms with E-state index < -0.39 is 4.92 Å². The van der Waals surface area contributed by atoms with Gasteiger partial charge in [-0.3, -0.25) is 19.8 Å². The van der Waals surface area contributed by atoms with Gasteiger partial charge in [0.1, 0.15) is 0 Å². The summed E-state index contributed by atoms with van der Waals surface area (Å²) < 4.78 is 12.8. The summed E-state index contributed by atoms with van der Waals surface area (Å²) in [5.74, 6) is 1.15. The molecule has 0 unspecified atom stereocenters. The van der Waals surface area contributed by atoms with Crippen molar-refractivity contribution in [3.63, 3.8) is 0 Å². The number of halogens is 1. The summed E-state index contributed by atoms with van der Waals surface area (Å²) in [5.41, 5.74) is 3.46. The number of amides is 1. The van der Waals surface area contributed by atoms with E-state index in [1.54, 1.807) is 17.0 Å². The van der Waals surface area contributed by atoms with Crippen LogP contribution in [0.5, 0.6) is 11.5 Å². The van der Waals surface area contributed by atoms with E-state index in [0.29, 0.717) is 46.8 Å². The number of nitrogens with zero attached hydrogens (tertiary/aromatic N) is 3. The third-order valence-electron chi connectivity index (χ3n) is 6.44. The van der Waals surface area contributed by atoms with Crippen molar-refractivity contribution in [3.05, 3.63) is 96.6 Å². The molecule has 1 N–H and O–H groups in total. The summed E-state index contributed by atoms with van der Waals surface area (Å²) in [5, 5.41) is 12.7. The van der Waals surface area contributed by atoms with Gasteiger partial charge in [-0.25, -0.2) is 4.99 Å². The predicted molar refractivity (Wildman–Crippen MR) is 176 cm³/mol. The number of nitro groups is 1. The fourth-order valence-electron chi connectivity index (χ4n) is 4.55. The van der Waals surface area contributed by atoms with Gasteiger partial charge in [0.05, 0.1) is 31.8 Å². The van der Waals surface area contributed by atoms with Crippen LogP contribution in [0.4, 0.5) is 11.4 Å². The number of aromatic amines is 1. The second-order valence-electron chi connectivity index (χ2n) is 9.77. The van der Waals surface area contributed by atoms with Crippen LogP contribution in [-0.4, -0.2) is 45.1 Å². The Balaban J connectivity index is 1.48. The molecule has 0 saturated carbocycles. The van der Waals surface area contributed by atoms with E-state index in [0.717, 1.165) is 25.6 Å². The molecule has 2 heterocycles. The number of nitrogens with one attached hydrogen (secondary N) is 1. The predicted octanol–water partition coefficient (Wildman–Crippen LogP) is 7.71. The van der Waals surface area contributed by atoms with Gasteiger partial charge in [0.25, 0.3) is 11.6 Å². The van der Waals surface area contributed by atoms with E-state index in [2.05, 4.69) is 33.6 Å². The van der Waals surface area contributed by atoms with Crippen molar-refractivity contribution in [2.24, 2.45) is 4.99 Å². The lowest BCUT2D eigenvalue weighted by Gasteiger charge is -2.17. The van der Waals surface area contributed by atoms with Gasteiger partial charge in [-0.1, -0.05) is 18.2 Å². The van der Waals surface area contributed by atoms with Crippen LogP contribution >= 0.6 is 34.4 Å². The molecule has 1 aliphatic rings. The molecule has 0 bridgehead atoms. The third kappa shape index (κ3) is 6.62. The molecule has 11 heteroatoms. The monoisotopic (exact) mass is 696 g/mol. The van der Waals surface area contributed by atoms with E-state index in [1.165, 1.54) is 23.9 Å². The molecule has 1 fully saturated rings. The Morgan fingerprint density at radius 3 is 2.64 bits per heavy atom. The highest BCUT2D eigenvalue weighted by atomic mass is 127. The van der Waals surface area contributed by atoms with E-state index in [9.17, 15) is 14.9 Å². The van der Waals surface area contributed by atoms with Crippen molar-refractivity contribution < 1.29 is 19.2 Å². The fourth-order valence-corrected chi connectivity index (χ4v) is 6.33. The summed E-state index contributed by atoms with van der Waals surface area (Å²) in [6, 6.07) is 17.9. The molecule has 1 aromatic heterocycles. The van der Waals surface area contributed by atoms with Gasteiger partial charge in [-0.15, -0.1) is 0 Å². The Morgan fingerprint density at radius 2 is 1.93 bits per heavy atom. The Morgan fingerprint density at radius 1 is 1.17 bits per heavy atom. The first-order valence-electron chi connectivity index (χ1n) is 13.5. The number of amidine groups is 1. The van der Waals surface area contributed by atoms with Crippen molar-refractivity contribution in [1.82, 2.24) is 9.88 Å². The maximum absolute atomic E-state index is 13.8. The van der Waals surface area contributed by atoms with Crippen molar-refractivity contribution in [1.29, 1.82) is 0 Å². The SMILES string of the molecule is CCOc1cc(/C=C2\SC(=Nc3ccc([N+](=O)[O-])cc3)N(CCc3c[nH]c4ccccc34)C2=O)cc(I)c1OC(C)C. The molecule has 1 amide bonds. The lowest BCUT2D eigenvalue weighted by molar-refractivity contribution is -0.384. The highest BCUT2D eigenvalue weighted by Crippen LogP contribution is 2.39. The first-order chi connectivity index (χ1) is 20.2. The van der Waals surface area contributed by atoms with Gasteiger partial charge in [0.2, 0.25) is 0 Å². The van der Waals surface area contributed by atoms with Gasteiger partial charge in [0, 0.05) is 35.8 Å². The zero-order valence-corrected chi connectivity index (χ0v) is 26.3. The Hall–Kier alpha value is -3.84. The van der Waals surface area contributed by atoms with Crippen LogP contribution in [0.3, 0.4) is 0 Å². The number of hydrogen-bond acceptors (Lipinski definition) is 7. The number of non-ortho nitro benzene ring substituents is 1. The second-order valence-corrected chi connectivity index (χ2v) is 11.9. The standard InChI is InChI=1S/C31H29IN4O5S/c1-4-40-27-16-20(15-25(32)29(27)41-19(2)3)17-28-30(37)35(14-13-21-18-33-26-8-6-5-7-24(21)26)31(42-28)34-22-9-11-23(12-10-22)36(38)39/h5-12,15-19,33H,4,13-14H2,1-3H3/b28-17-,34-31?. The molecule has 4 aromatic rings. The molecule has 1 aliphatic heterocycles. The van der Waals surface area contributed by atoms with Crippen LogP contribution in [0, 0.1) is 13.7 Å². The zero-order chi connectivity index (χ0) is 29.8. The Labute approximate surface area is 261 Å². The van der Waals surface area contributed by atoms with E-state index >= 15 is 0 Å². The number of hydrogen-bond donors (Lipinski definition) is 1. The number of thioether (sulfide) groups is 1. The second kappa shape index (κ2) is 13.0. The number of nitro benzene ring substituents is 1. The highest BCUT2D eigenvalue weighted by molar-refractivity contribution is 14.1. The summed E-state index contributed by atoms with van der Waals surface area (Å²) in [6.45, 7) is 6.74. The first-order valence-corrected chi connectivity index (χ1v) is 15.4. The molecule has 3 aromatic carbocycles. The lowest BCUT2D eigenvalue weighted by Crippen LogP contribution is -2.31. The number of carbonyl (C=O) groups excluding carboxylic acids is 1. The number of H-pyrrole nitrogens is 1. The highest BCUT2D eigenvalue weighted by Gasteiger charge is 2.33. The molecule has 1 saturated heterocycles. The van der Waals surface area contributed by atoms with E-state index in [4.69, 9.17) is 14.5 Å². The van der Waals surface area contributed by atoms with Crippen LogP contribution < -0.4 is 9.47 Å². The Bertz CT molecular complexity index is 1700. The molecular weight excluding hydrogens is 667 g/mol. The third-order valence-corrected chi connectivity index (χ3v) is 8.24. The summed E-state index contributed by atoms with van der Waals surface area (Å²) in [7, 11) is 0. The van der Waals surface area contributed by atoms with Crippen molar-refractivity contribution in [2.75, 3.05) is 13.2 Å². The number of aromatic nitrogens is 1. The average molecular weight is 697 g/mol. The van der Waals surface area contributed by atoms with E-state index in [1.807, 2.05) is 63.4 Å². The molecule has 0 atom stereocenters. The molecule has 0 spiro atoms. The van der Waals surface area contributed by atoms with Crippen molar-refractivity contribution in [3.8, 4) is 11.5 Å². The van der Waals surface area contributed by atoms with Crippen molar-refractivity contribution in [2.45, 2.75) is 33.3 Å². The fraction of sp³-hybridized carbons (Fsp3) is 0.226. The van der Waals surface area contributed by atoms with Gasteiger partial charge >= 0.3 is 0 Å². The van der Waals surface area contributed by atoms with Crippen LogP contribution in [0.15, 0.2) is 76.8 Å². The molecular formula is C31H29IN4O5S. The summed E-state index contributed by atoms with van der Waals surface area (Å²) in [4.78, 5) is 34.6. The van der Waals surface area contributed by atoms with Gasteiger partial charge in [-0.05, 0) is 109 Å². The number of rotatable bonds is 10. The molecule has 216 valence electrons. The summed E-state index contributed by atoms with van der Waals surface area (Å²) in [6.07, 6.45) is 4.42. The van der Waals surface area contributed by atoms with Crippen LogP contribution in [0.1, 0.15) is 31.9 Å². The average Bonchev–Trinajstić information content (AvgIpc) is 3.50. The summed E-state index contributed by atoms with van der Waals surface area (Å²) >= 11 is 3.50. The number of fused-ring (bicyclic) bond motifs is 1. The van der Waals surface area contributed by atoms with Gasteiger partial charge < -0.3 is 14.5 Å². The lowest BCUT2D eigenvalue weighted by atomic mass is 10.1. The van der Waals surface area contributed by atoms with Crippen LogP contribution in [-0.2, 0) is 11.2 Å². The van der Waals surface area contributed by atoms with Crippen molar-refractivity contribution >= 4 is 73.8 Å². The molecule has 5 rings (SSSR count). The maximum atomic E-state index is 13.8. The van der Waals surface area contributed by atoms with Gasteiger partial charge in [-0.2, -0.15) is 0 Å². The number of para-hydroxylation sites is 1. The smallest absolute Gasteiger partial charge is 0.269 e. The maximum Gasteiger partial charge on any atom is 0.269 e. The van der Waals surface area contributed by atoms with E-state index in [-0.39, 0.29) is 17.7 Å². The normalized spacial score (nSPS) is 15.4. The first kappa shape index (κ1) is 29.6. The topological polar surface area (TPSA) is 110 Å². The molecule has 0 radical (unpaired) electrons. The molecule has 0 aliphatic carbocycles. The van der Waals surface area contributed by atoms with Gasteiger partial charge in [0.15, 0.2) is 16.7 Å². The quantitative estimate of drug-likeness (QED) is 0.0788. The Kier molecular flexibility index (Phi) is 9.17. The number of aliphatic imine (C=N–C) groups is 1. The van der Waals surface area contributed by atoms with Crippen LogP contribution in [0.25, 0.3) is 17.0 Å². The zero-order valence-electron chi connectivity index (χ0n) is 23.3. The minimum atomic E-state index is -0.450. The van der Waals surface area contributed by atoms with Crippen LogP contribution in [0.2, 0.25) is 0 Å². The molecule has 42 heavy (non-hydrogen) atoms. The number of benzene rings is 3. The minimum absolute atomic E-state index is 0.0159. The molecule has 9 nitrogen and oxygen atoms in total. The minimum Gasteiger partial charge on any atom is -0.490 e.